The van der Waals surface area contributed by atoms with Gasteiger partial charge in [0.05, 0.1) is 12.7 Å². The number of ether oxygens (including phenoxy) is 1. The molecule has 120 valence electrons. The van der Waals surface area contributed by atoms with Gasteiger partial charge in [0.15, 0.2) is 11.5 Å². The van der Waals surface area contributed by atoms with Gasteiger partial charge in [-0.3, -0.25) is 4.90 Å². The lowest BCUT2D eigenvalue weighted by molar-refractivity contribution is 0.0674. The van der Waals surface area contributed by atoms with Crippen molar-refractivity contribution in [3.63, 3.8) is 0 Å². The maximum absolute atomic E-state index is 9.84. The molecule has 5 nitrogen and oxygen atoms in total. The first kappa shape index (κ1) is 16.6. The molecule has 2 rings (SSSR count). The molecule has 22 heavy (non-hydrogen) atoms. The van der Waals surface area contributed by atoms with Gasteiger partial charge in [-0.2, -0.15) is 5.26 Å². The van der Waals surface area contributed by atoms with Crippen molar-refractivity contribution < 1.29 is 9.84 Å². The van der Waals surface area contributed by atoms with Crippen LogP contribution in [0.4, 0.5) is 0 Å². The summed E-state index contributed by atoms with van der Waals surface area (Å²) in [5.41, 5.74) is 0.881. The van der Waals surface area contributed by atoms with Gasteiger partial charge < -0.3 is 14.7 Å². The molecular formula is C17H25N3O2. The molecule has 2 atom stereocenters. The van der Waals surface area contributed by atoms with Crippen molar-refractivity contribution in [1.29, 1.82) is 5.26 Å². The fourth-order valence-electron chi connectivity index (χ4n) is 3.04. The predicted molar refractivity (Wildman–Crippen MR) is 85.9 cm³/mol. The minimum atomic E-state index is -0.307. The summed E-state index contributed by atoms with van der Waals surface area (Å²) in [7, 11) is 2.12. The molecule has 1 fully saturated rings. The molecule has 0 bridgehead atoms. The van der Waals surface area contributed by atoms with E-state index < -0.39 is 0 Å². The number of rotatable bonds is 5. The van der Waals surface area contributed by atoms with E-state index in [4.69, 9.17) is 4.74 Å². The number of nitriles is 1. The average Bonchev–Trinajstić information content (AvgIpc) is 2.52. The third-order valence-corrected chi connectivity index (χ3v) is 4.26. The molecule has 1 aliphatic heterocycles. The molecule has 0 radical (unpaired) electrons. The first-order valence-electron chi connectivity index (χ1n) is 7.90. The first-order chi connectivity index (χ1) is 10.6. The van der Waals surface area contributed by atoms with E-state index in [9.17, 15) is 10.4 Å². The van der Waals surface area contributed by atoms with E-state index in [0.29, 0.717) is 18.4 Å². The van der Waals surface area contributed by atoms with Crippen molar-refractivity contribution in [3.05, 3.63) is 23.8 Å². The summed E-state index contributed by atoms with van der Waals surface area (Å²) in [6.45, 7) is 7.34. The van der Waals surface area contributed by atoms with Gasteiger partial charge in [-0.15, -0.1) is 0 Å². The lowest BCUT2D eigenvalue weighted by atomic mass is 10.0. The van der Waals surface area contributed by atoms with E-state index in [1.54, 1.807) is 12.1 Å². The zero-order valence-corrected chi connectivity index (χ0v) is 13.6. The highest BCUT2D eigenvalue weighted by molar-refractivity contribution is 5.44. The van der Waals surface area contributed by atoms with Crippen molar-refractivity contribution in [1.82, 2.24) is 9.80 Å². The summed E-state index contributed by atoms with van der Waals surface area (Å²) in [6, 6.07) is 7.71. The smallest absolute Gasteiger partial charge is 0.161 e. The number of hydrogen-bond acceptors (Lipinski definition) is 5. The van der Waals surface area contributed by atoms with E-state index >= 15 is 0 Å². The van der Waals surface area contributed by atoms with Crippen LogP contribution in [0, 0.1) is 11.3 Å². The Morgan fingerprint density at radius 2 is 2.18 bits per heavy atom. The lowest BCUT2D eigenvalue weighted by Crippen LogP contribution is -2.52. The minimum absolute atomic E-state index is 0.118. The summed E-state index contributed by atoms with van der Waals surface area (Å²) in [5, 5.41) is 19.5. The van der Waals surface area contributed by atoms with E-state index in [2.05, 4.69) is 29.8 Å². The number of piperazine rings is 1. The van der Waals surface area contributed by atoms with Crippen LogP contribution < -0.4 is 4.74 Å². The summed E-state index contributed by atoms with van der Waals surface area (Å²) < 4.78 is 5.44. The molecule has 0 spiro atoms. The number of benzene rings is 1. The average molecular weight is 303 g/mol. The highest BCUT2D eigenvalue weighted by Crippen LogP contribution is 2.33. The Hall–Kier alpha value is -1.77. The van der Waals surface area contributed by atoms with Crippen LogP contribution in [0.1, 0.15) is 31.9 Å². The number of nitrogens with zero attached hydrogens (tertiary/aromatic N) is 3. The topological polar surface area (TPSA) is 59.7 Å². The Morgan fingerprint density at radius 1 is 1.41 bits per heavy atom. The molecule has 0 saturated carbocycles. The van der Waals surface area contributed by atoms with E-state index in [0.717, 1.165) is 31.6 Å². The van der Waals surface area contributed by atoms with Gasteiger partial charge in [0.1, 0.15) is 6.04 Å². The molecule has 0 aliphatic carbocycles. The van der Waals surface area contributed by atoms with Crippen molar-refractivity contribution in [2.24, 2.45) is 0 Å². The summed E-state index contributed by atoms with van der Waals surface area (Å²) in [6.07, 6.45) is 1.01. The fraction of sp³-hybridized carbons (Fsp3) is 0.588. The van der Waals surface area contributed by atoms with Crippen molar-refractivity contribution in [2.45, 2.75) is 32.4 Å². The second-order valence-electron chi connectivity index (χ2n) is 5.75. The number of phenolic OH excluding ortho intramolecular Hbond substituents is 1. The highest BCUT2D eigenvalue weighted by Gasteiger charge is 2.31. The minimum Gasteiger partial charge on any atom is -0.504 e. The van der Waals surface area contributed by atoms with Crippen LogP contribution in [0.5, 0.6) is 11.5 Å². The SMILES string of the molecule is CCOc1cc(C(C#N)N2CCN(C)CC2CC)ccc1O. The monoisotopic (exact) mass is 303 g/mol. The van der Waals surface area contributed by atoms with Gasteiger partial charge in [-0.05, 0) is 38.1 Å². The maximum atomic E-state index is 9.84. The van der Waals surface area contributed by atoms with E-state index in [1.807, 2.05) is 13.0 Å². The van der Waals surface area contributed by atoms with Gasteiger partial charge in [-0.1, -0.05) is 13.0 Å². The van der Waals surface area contributed by atoms with Crippen molar-refractivity contribution in [2.75, 3.05) is 33.3 Å². The fourth-order valence-corrected chi connectivity index (χ4v) is 3.04. The summed E-state index contributed by atoms with van der Waals surface area (Å²) in [5.74, 6) is 0.565. The number of phenols is 1. The Labute approximate surface area is 132 Å². The van der Waals surface area contributed by atoms with Gasteiger partial charge in [0.25, 0.3) is 0 Å². The van der Waals surface area contributed by atoms with Gasteiger partial charge in [0.2, 0.25) is 0 Å². The van der Waals surface area contributed by atoms with Crippen LogP contribution in [-0.4, -0.2) is 54.2 Å². The lowest BCUT2D eigenvalue weighted by Gasteiger charge is -2.42. The third-order valence-electron chi connectivity index (χ3n) is 4.26. The second-order valence-corrected chi connectivity index (χ2v) is 5.75. The normalized spacial score (nSPS) is 21.3. The Morgan fingerprint density at radius 3 is 2.82 bits per heavy atom. The van der Waals surface area contributed by atoms with Gasteiger partial charge in [-0.25, -0.2) is 0 Å². The Kier molecular flexibility index (Phi) is 5.64. The van der Waals surface area contributed by atoms with E-state index in [1.165, 1.54) is 0 Å². The second kappa shape index (κ2) is 7.48. The largest absolute Gasteiger partial charge is 0.504 e. The van der Waals surface area contributed by atoms with Crippen LogP contribution in [-0.2, 0) is 0 Å². The Balaban J connectivity index is 2.28. The van der Waals surface area contributed by atoms with Crippen LogP contribution in [0.15, 0.2) is 18.2 Å². The molecule has 0 amide bonds. The Bertz CT molecular complexity index is 541. The van der Waals surface area contributed by atoms with Crippen LogP contribution in [0.25, 0.3) is 0 Å². The third kappa shape index (κ3) is 3.52. The molecule has 1 N–H and O–H groups in total. The van der Waals surface area contributed by atoms with Crippen LogP contribution in [0.3, 0.4) is 0 Å². The van der Waals surface area contributed by atoms with Gasteiger partial charge in [0, 0.05) is 25.7 Å². The molecule has 5 heteroatoms. The molecule has 1 aromatic carbocycles. The quantitative estimate of drug-likeness (QED) is 0.905. The molecule has 1 heterocycles. The highest BCUT2D eigenvalue weighted by atomic mass is 16.5. The molecular weight excluding hydrogens is 278 g/mol. The number of aromatic hydroxyl groups is 1. The molecule has 0 aromatic heterocycles. The number of hydrogen-bond donors (Lipinski definition) is 1. The van der Waals surface area contributed by atoms with Crippen molar-refractivity contribution >= 4 is 0 Å². The maximum Gasteiger partial charge on any atom is 0.161 e. The predicted octanol–water partition coefficient (Wildman–Crippen LogP) is 2.38. The standard InChI is InChI=1S/C17H25N3O2/c1-4-14-12-19(3)8-9-20(14)15(11-18)13-6-7-16(21)17(10-13)22-5-2/h6-7,10,14-15,21H,4-5,8-9,12H2,1-3H3. The zero-order valence-electron chi connectivity index (χ0n) is 13.6. The van der Waals surface area contributed by atoms with Crippen LogP contribution in [0.2, 0.25) is 0 Å². The molecule has 1 aliphatic rings. The summed E-state index contributed by atoms with van der Waals surface area (Å²) in [4.78, 5) is 4.57. The van der Waals surface area contributed by atoms with Gasteiger partial charge >= 0.3 is 0 Å². The number of likely N-dealkylation sites (N-methyl/N-ethyl adjacent to an activating group) is 1. The molecule has 2 unspecified atom stereocenters. The first-order valence-corrected chi connectivity index (χ1v) is 7.90. The zero-order chi connectivity index (χ0) is 16.1. The van der Waals surface area contributed by atoms with Crippen LogP contribution >= 0.6 is 0 Å². The molecule has 1 saturated heterocycles. The van der Waals surface area contributed by atoms with Crippen molar-refractivity contribution in [3.8, 4) is 17.6 Å². The summed E-state index contributed by atoms with van der Waals surface area (Å²) >= 11 is 0. The van der Waals surface area contributed by atoms with E-state index in [-0.39, 0.29) is 11.8 Å². The molecule has 1 aromatic rings.